The van der Waals surface area contributed by atoms with Crippen LogP contribution in [-0.4, -0.2) is 23.0 Å². The lowest BCUT2D eigenvalue weighted by atomic mass is 10.1. The van der Waals surface area contributed by atoms with Crippen molar-refractivity contribution in [2.24, 2.45) is 0 Å². The van der Waals surface area contributed by atoms with Crippen molar-refractivity contribution in [3.63, 3.8) is 0 Å². The number of aromatic nitrogens is 2. The number of nitrogen functional groups attached to an aromatic ring is 1. The number of nitrogens with two attached hydrogens (primary N) is 1. The van der Waals surface area contributed by atoms with Crippen LogP contribution in [0.4, 0.5) is 5.69 Å². The molecule has 1 saturated carbocycles. The fraction of sp³-hybridized carbons (Fsp3) is 0.333. The molecule has 0 atom stereocenters. The maximum absolute atomic E-state index is 11.6. The molecule has 0 bridgehead atoms. The number of nitrogens with one attached hydrogen (secondary N) is 1. The Morgan fingerprint density at radius 2 is 2.29 bits per heavy atom. The molecule has 0 radical (unpaired) electrons. The quantitative estimate of drug-likeness (QED) is 0.610. The summed E-state index contributed by atoms with van der Waals surface area (Å²) >= 11 is 0. The first-order chi connectivity index (χ1) is 8.19. The molecular formula is C12H13N3O2. The number of anilines is 1. The van der Waals surface area contributed by atoms with Crippen molar-refractivity contribution in [3.8, 4) is 0 Å². The summed E-state index contributed by atoms with van der Waals surface area (Å²) in [6.45, 7) is 0. The Bertz CT molecular complexity index is 599. The molecule has 5 heteroatoms. The van der Waals surface area contributed by atoms with Gasteiger partial charge in [-0.1, -0.05) is 0 Å². The predicted octanol–water partition coefficient (Wildman–Crippen LogP) is 1.81. The summed E-state index contributed by atoms with van der Waals surface area (Å²) in [5.74, 6) is 1.04. The summed E-state index contributed by atoms with van der Waals surface area (Å²) in [6, 6.07) is 3.40. The fourth-order valence-electron chi connectivity index (χ4n) is 1.97. The van der Waals surface area contributed by atoms with Crippen LogP contribution in [-0.2, 0) is 4.74 Å². The van der Waals surface area contributed by atoms with E-state index in [9.17, 15) is 4.79 Å². The highest BCUT2D eigenvalue weighted by Gasteiger charge is 2.27. The molecule has 0 saturated heterocycles. The van der Waals surface area contributed by atoms with Crippen LogP contribution in [0.15, 0.2) is 12.1 Å². The van der Waals surface area contributed by atoms with Crippen molar-refractivity contribution >= 4 is 22.7 Å². The van der Waals surface area contributed by atoms with E-state index >= 15 is 0 Å². The van der Waals surface area contributed by atoms with Gasteiger partial charge in [0.15, 0.2) is 0 Å². The first-order valence-corrected chi connectivity index (χ1v) is 5.56. The molecule has 0 amide bonds. The Kier molecular flexibility index (Phi) is 2.07. The normalized spacial score (nSPS) is 15.1. The smallest absolute Gasteiger partial charge is 0.340 e. The molecule has 1 aromatic heterocycles. The molecule has 1 heterocycles. The molecule has 3 N–H and O–H groups in total. The summed E-state index contributed by atoms with van der Waals surface area (Å²) in [4.78, 5) is 19.3. The third kappa shape index (κ3) is 1.63. The van der Waals surface area contributed by atoms with Gasteiger partial charge >= 0.3 is 5.97 Å². The van der Waals surface area contributed by atoms with E-state index in [1.54, 1.807) is 12.1 Å². The number of hydrogen-bond acceptors (Lipinski definition) is 4. The topological polar surface area (TPSA) is 81.0 Å². The van der Waals surface area contributed by atoms with Crippen LogP contribution in [0, 0.1) is 0 Å². The Morgan fingerprint density at radius 3 is 2.94 bits per heavy atom. The van der Waals surface area contributed by atoms with E-state index in [1.807, 2.05) is 0 Å². The Labute approximate surface area is 98.0 Å². The van der Waals surface area contributed by atoms with Crippen LogP contribution < -0.4 is 5.73 Å². The number of rotatable bonds is 2. The Morgan fingerprint density at radius 1 is 1.53 bits per heavy atom. The minimum Gasteiger partial charge on any atom is -0.465 e. The first-order valence-electron chi connectivity index (χ1n) is 5.56. The SMILES string of the molecule is COC(=O)c1cc(N)cc2[nH]c(C3CC3)nc12. The van der Waals surface area contributed by atoms with E-state index in [0.717, 1.165) is 24.2 Å². The van der Waals surface area contributed by atoms with Crippen molar-refractivity contribution in [2.75, 3.05) is 12.8 Å². The summed E-state index contributed by atoms with van der Waals surface area (Å²) < 4.78 is 4.74. The van der Waals surface area contributed by atoms with Gasteiger partial charge in [-0.15, -0.1) is 0 Å². The molecular weight excluding hydrogens is 218 g/mol. The molecule has 0 spiro atoms. The van der Waals surface area contributed by atoms with Crippen LogP contribution in [0.2, 0.25) is 0 Å². The zero-order chi connectivity index (χ0) is 12.0. The number of imidazole rings is 1. The predicted molar refractivity (Wildman–Crippen MR) is 63.8 cm³/mol. The monoisotopic (exact) mass is 231 g/mol. The van der Waals surface area contributed by atoms with Crippen LogP contribution in [0.5, 0.6) is 0 Å². The molecule has 17 heavy (non-hydrogen) atoms. The third-order valence-electron chi connectivity index (χ3n) is 3.00. The van der Waals surface area contributed by atoms with Crippen LogP contribution in [0.3, 0.4) is 0 Å². The van der Waals surface area contributed by atoms with E-state index in [-0.39, 0.29) is 0 Å². The number of esters is 1. The molecule has 3 rings (SSSR count). The van der Waals surface area contributed by atoms with Gasteiger partial charge in [-0.2, -0.15) is 0 Å². The fourth-order valence-corrected chi connectivity index (χ4v) is 1.97. The zero-order valence-electron chi connectivity index (χ0n) is 9.49. The van der Waals surface area contributed by atoms with Gasteiger partial charge in [-0.3, -0.25) is 0 Å². The molecule has 5 nitrogen and oxygen atoms in total. The lowest BCUT2D eigenvalue weighted by molar-refractivity contribution is 0.0603. The lowest BCUT2D eigenvalue weighted by Gasteiger charge is -2.01. The molecule has 1 aliphatic rings. The van der Waals surface area contributed by atoms with Crippen molar-refractivity contribution in [3.05, 3.63) is 23.5 Å². The van der Waals surface area contributed by atoms with Gasteiger partial charge in [-0.05, 0) is 25.0 Å². The minimum atomic E-state index is -0.406. The van der Waals surface area contributed by atoms with Crippen LogP contribution in [0.1, 0.15) is 34.9 Å². The van der Waals surface area contributed by atoms with E-state index in [1.165, 1.54) is 7.11 Å². The van der Waals surface area contributed by atoms with Gasteiger partial charge < -0.3 is 15.5 Å². The molecule has 2 aromatic rings. The van der Waals surface area contributed by atoms with E-state index in [0.29, 0.717) is 22.7 Å². The van der Waals surface area contributed by atoms with Crippen molar-refractivity contribution in [2.45, 2.75) is 18.8 Å². The summed E-state index contributed by atoms with van der Waals surface area (Å²) in [7, 11) is 1.35. The minimum absolute atomic E-state index is 0.406. The highest BCUT2D eigenvalue weighted by atomic mass is 16.5. The summed E-state index contributed by atoms with van der Waals surface area (Å²) in [5, 5.41) is 0. The largest absolute Gasteiger partial charge is 0.465 e. The summed E-state index contributed by atoms with van der Waals surface area (Å²) in [5.41, 5.74) is 8.16. The van der Waals surface area contributed by atoms with Crippen molar-refractivity contribution in [1.29, 1.82) is 0 Å². The first kappa shape index (κ1) is 10.1. The molecule has 0 aliphatic heterocycles. The number of hydrogen-bond donors (Lipinski definition) is 2. The number of nitrogens with zero attached hydrogens (tertiary/aromatic N) is 1. The van der Waals surface area contributed by atoms with Crippen LogP contribution in [0.25, 0.3) is 11.0 Å². The van der Waals surface area contributed by atoms with Gasteiger partial charge in [0, 0.05) is 11.6 Å². The second kappa shape index (κ2) is 3.48. The average Bonchev–Trinajstić information content (AvgIpc) is 3.08. The standard InChI is InChI=1S/C12H13N3O2/c1-17-12(16)8-4-7(13)5-9-10(8)15-11(14-9)6-2-3-6/h4-6H,2-3,13H2,1H3,(H,14,15). The summed E-state index contributed by atoms with van der Waals surface area (Å²) in [6.07, 6.45) is 2.31. The van der Waals surface area contributed by atoms with Gasteiger partial charge in [0.1, 0.15) is 11.3 Å². The zero-order valence-corrected chi connectivity index (χ0v) is 9.49. The number of ether oxygens (including phenoxy) is 1. The maximum atomic E-state index is 11.6. The molecule has 0 unspecified atom stereocenters. The number of carbonyl (C=O) groups is 1. The molecule has 88 valence electrons. The molecule has 1 aromatic carbocycles. The number of methoxy groups -OCH3 is 1. The molecule has 1 fully saturated rings. The third-order valence-corrected chi connectivity index (χ3v) is 3.00. The van der Waals surface area contributed by atoms with E-state index < -0.39 is 5.97 Å². The van der Waals surface area contributed by atoms with Gasteiger partial charge in [0.05, 0.1) is 18.2 Å². The number of carbonyl (C=O) groups excluding carboxylic acids is 1. The highest BCUT2D eigenvalue weighted by molar-refractivity contribution is 6.03. The average molecular weight is 231 g/mol. The van der Waals surface area contributed by atoms with Gasteiger partial charge in [0.25, 0.3) is 0 Å². The van der Waals surface area contributed by atoms with Gasteiger partial charge in [-0.25, -0.2) is 9.78 Å². The second-order valence-corrected chi connectivity index (χ2v) is 4.35. The lowest BCUT2D eigenvalue weighted by Crippen LogP contribution is -2.03. The maximum Gasteiger partial charge on any atom is 0.340 e. The van der Waals surface area contributed by atoms with Crippen molar-refractivity contribution < 1.29 is 9.53 Å². The number of H-pyrrole nitrogens is 1. The number of aromatic amines is 1. The Balaban J connectivity index is 2.21. The number of benzene rings is 1. The van der Waals surface area contributed by atoms with E-state index in [4.69, 9.17) is 10.5 Å². The highest BCUT2D eigenvalue weighted by Crippen LogP contribution is 2.39. The Hall–Kier alpha value is -2.04. The van der Waals surface area contributed by atoms with Crippen molar-refractivity contribution in [1.82, 2.24) is 9.97 Å². The van der Waals surface area contributed by atoms with E-state index in [2.05, 4.69) is 9.97 Å². The van der Waals surface area contributed by atoms with Crippen LogP contribution >= 0.6 is 0 Å². The van der Waals surface area contributed by atoms with Gasteiger partial charge in [0.2, 0.25) is 0 Å². The molecule has 1 aliphatic carbocycles. The number of fused-ring (bicyclic) bond motifs is 1. The second-order valence-electron chi connectivity index (χ2n) is 4.35.